The van der Waals surface area contributed by atoms with Gasteiger partial charge in [-0.1, -0.05) is 0 Å². The van der Waals surface area contributed by atoms with Gasteiger partial charge in [0.05, 0.1) is 0 Å². The quantitative estimate of drug-likeness (QED) is 0.326. The molecule has 0 saturated heterocycles. The Bertz CT molecular complexity index is 26.9. The summed E-state index contributed by atoms with van der Waals surface area (Å²) in [5.41, 5.74) is 0. The molecule has 3 heteroatoms. The molecule has 0 aromatic heterocycles. The molecule has 0 rings (SSSR count). The minimum Gasteiger partial charge on any atom is -0.492 e. The molecule has 0 aromatic carbocycles. The number of hydrogen-bond donors (Lipinski definition) is 0. The van der Waals surface area contributed by atoms with E-state index in [-0.39, 0.29) is 57.2 Å². The van der Waals surface area contributed by atoms with Crippen LogP contribution in [0.3, 0.4) is 0 Å². The van der Waals surface area contributed by atoms with E-state index in [1.165, 1.54) is 6.21 Å². The van der Waals surface area contributed by atoms with Crippen molar-refractivity contribution >= 4 is 6.21 Å². The van der Waals surface area contributed by atoms with E-state index in [4.69, 9.17) is 0 Å². The Hall–Kier alpha value is 1.03. The number of rotatable bonds is 0. The van der Waals surface area contributed by atoms with E-state index >= 15 is 0 Å². The van der Waals surface area contributed by atoms with Crippen molar-refractivity contribution in [3.8, 4) is 0 Å². The summed E-state index contributed by atoms with van der Waals surface area (Å²) < 4.78 is 0. The van der Waals surface area contributed by atoms with Crippen LogP contribution >= 0.6 is 0 Å². The minimum absolute atomic E-state index is 0. The first-order chi connectivity index (χ1) is 1.91. The van der Waals surface area contributed by atoms with Gasteiger partial charge in [0.1, 0.15) is 0 Å². The zero-order valence-electron chi connectivity index (χ0n) is 4.37. The Kier molecular flexibility index (Phi) is 97.1. The molecule has 0 N–H and O–H groups in total. The van der Waals surface area contributed by atoms with Crippen LogP contribution in [0.2, 0.25) is 0 Å². The van der Waals surface area contributed by atoms with Crippen molar-refractivity contribution in [3.63, 3.8) is 0 Å². The maximum Gasteiger partial charge on any atom is 2.00 e. The molecule has 0 spiro atoms. The van der Waals surface area contributed by atoms with Crippen molar-refractivity contribution in [2.24, 2.45) is 4.99 Å². The molecule has 1 nitrogen and oxygen atoms in total. The van der Waals surface area contributed by atoms with Crippen molar-refractivity contribution in [1.82, 2.24) is 0 Å². The summed E-state index contributed by atoms with van der Waals surface area (Å²) in [5, 5.41) is 0. The third-order valence-corrected chi connectivity index (χ3v) is 0.129. The zero-order valence-corrected chi connectivity index (χ0v) is 8.31. The first kappa shape index (κ1) is 24.4. The Balaban J connectivity index is -0.0000000150. The third kappa shape index (κ3) is 43.1. The van der Waals surface area contributed by atoms with Crippen LogP contribution in [0.4, 0.5) is 0 Å². The van der Waals surface area contributed by atoms with Gasteiger partial charge in [0, 0.05) is 32.7 Å². The molecule has 0 heterocycles. The van der Waals surface area contributed by atoms with Gasteiger partial charge in [-0.2, -0.15) is 7.05 Å². The molecule has 1 radical (unpaired) electrons. The molecule has 0 atom stereocenters. The Morgan fingerprint density at radius 1 is 1.43 bits per heavy atom. The first-order valence-corrected chi connectivity index (χ1v) is 0.983. The molecule has 0 aliphatic heterocycles. The summed E-state index contributed by atoms with van der Waals surface area (Å²) in [6, 6.07) is 0. The molecule has 0 aliphatic carbocycles. The van der Waals surface area contributed by atoms with Crippen LogP contribution in [0.5, 0.6) is 0 Å². The normalized spacial score (nSPS) is 5.14. The van der Waals surface area contributed by atoms with Gasteiger partial charge < -0.3 is 19.3 Å². The number of nitrogens with zero attached hydrogens (tertiary/aromatic N) is 1. The number of aliphatic imine (C=N–C) groups is 1. The zero-order chi connectivity index (χ0) is 3.41. The fraction of sp³-hybridized carbons (Fsp3) is 0. The molecule has 0 aromatic rings. The van der Waals surface area contributed by atoms with Gasteiger partial charge in [-0.15, -0.1) is 0 Å². The van der Waals surface area contributed by atoms with Gasteiger partial charge in [0.2, 0.25) is 0 Å². The largest absolute Gasteiger partial charge is 2.00 e. The second kappa shape index (κ2) is 27.8. The van der Waals surface area contributed by atoms with E-state index in [1.54, 1.807) is 0 Å². The SMILES string of the molecule is [CH2-]C=N[CH2-].[CH3-].[Fe+2].[Y]. The third-order valence-electron chi connectivity index (χ3n) is 0.129. The summed E-state index contributed by atoms with van der Waals surface area (Å²) in [6.07, 6.45) is 1.39. The van der Waals surface area contributed by atoms with E-state index in [9.17, 15) is 0 Å². The van der Waals surface area contributed by atoms with Gasteiger partial charge in [-0.05, 0) is 0 Å². The Morgan fingerprint density at radius 3 is 1.57 bits per heavy atom. The van der Waals surface area contributed by atoms with Crippen LogP contribution < -0.4 is 0 Å². The summed E-state index contributed by atoms with van der Waals surface area (Å²) >= 11 is 0. The molecule has 0 aliphatic rings. The summed E-state index contributed by atoms with van der Waals surface area (Å²) in [4.78, 5) is 3.25. The maximum absolute atomic E-state index is 3.25. The van der Waals surface area contributed by atoms with E-state index in [0.717, 1.165) is 0 Å². The van der Waals surface area contributed by atoms with Gasteiger partial charge in [0.15, 0.2) is 0 Å². The average Bonchev–Trinajstić information content (AvgIpc) is 1.37. The van der Waals surface area contributed by atoms with Crippen LogP contribution in [-0.2, 0) is 49.8 Å². The second-order valence-electron chi connectivity index (χ2n) is 0.365. The van der Waals surface area contributed by atoms with Crippen LogP contribution in [0, 0.1) is 21.4 Å². The molecular formula is C4H8FeNY-. The Morgan fingerprint density at radius 2 is 1.57 bits per heavy atom. The van der Waals surface area contributed by atoms with E-state index in [0.29, 0.717) is 0 Å². The standard InChI is InChI=1S/C3H5N.CH3.Fe.Y/c1-3-4-2;;;/h3H,1-2H2;1H3;;/q-2;-1;+2;. The van der Waals surface area contributed by atoms with E-state index in [1.807, 2.05) is 0 Å². The number of hydrogen-bond acceptors (Lipinski definition) is 1. The molecule has 0 saturated carbocycles. The van der Waals surface area contributed by atoms with Crippen LogP contribution in [0.15, 0.2) is 4.99 Å². The summed E-state index contributed by atoms with van der Waals surface area (Å²) in [6.45, 7) is 3.25. The molecule has 0 amide bonds. The molecular weight excluding hydrogens is 207 g/mol. The molecule has 0 bridgehead atoms. The molecule has 0 unspecified atom stereocenters. The minimum atomic E-state index is 0. The van der Waals surface area contributed by atoms with Crippen molar-refractivity contribution in [3.05, 3.63) is 21.4 Å². The topological polar surface area (TPSA) is 12.4 Å². The van der Waals surface area contributed by atoms with Gasteiger partial charge >= 0.3 is 17.1 Å². The average molecular weight is 215 g/mol. The van der Waals surface area contributed by atoms with Gasteiger partial charge in [0.25, 0.3) is 0 Å². The van der Waals surface area contributed by atoms with Crippen molar-refractivity contribution in [2.75, 3.05) is 0 Å². The van der Waals surface area contributed by atoms with Crippen LogP contribution in [-0.4, -0.2) is 6.21 Å². The predicted molar refractivity (Wildman–Crippen MR) is 25.6 cm³/mol. The monoisotopic (exact) mass is 215 g/mol. The predicted octanol–water partition coefficient (Wildman–Crippen LogP) is 1.13. The molecule has 7 heavy (non-hydrogen) atoms. The van der Waals surface area contributed by atoms with E-state index < -0.39 is 0 Å². The fourth-order valence-electron chi connectivity index (χ4n) is 0. The summed E-state index contributed by atoms with van der Waals surface area (Å²) in [7, 11) is 3.11. The van der Waals surface area contributed by atoms with Gasteiger partial charge in [-0.3, -0.25) is 6.21 Å². The smallest absolute Gasteiger partial charge is 0.492 e. The van der Waals surface area contributed by atoms with Crippen molar-refractivity contribution in [2.45, 2.75) is 0 Å². The van der Waals surface area contributed by atoms with E-state index in [2.05, 4.69) is 19.0 Å². The van der Waals surface area contributed by atoms with Gasteiger partial charge in [-0.25, -0.2) is 0 Å². The summed E-state index contributed by atoms with van der Waals surface area (Å²) in [5.74, 6) is 0. The van der Waals surface area contributed by atoms with Crippen LogP contribution in [0.25, 0.3) is 0 Å². The molecule has 0 fully saturated rings. The maximum atomic E-state index is 3.25. The van der Waals surface area contributed by atoms with Crippen molar-refractivity contribution < 1.29 is 49.8 Å². The fourth-order valence-corrected chi connectivity index (χ4v) is 0. The van der Waals surface area contributed by atoms with Crippen molar-refractivity contribution in [1.29, 1.82) is 0 Å². The second-order valence-corrected chi connectivity index (χ2v) is 0.365. The van der Waals surface area contributed by atoms with Crippen LogP contribution in [0.1, 0.15) is 0 Å². The first-order valence-electron chi connectivity index (χ1n) is 0.983. The molecule has 41 valence electrons. The Labute approximate surface area is 81.7 Å².